The predicted molar refractivity (Wildman–Crippen MR) is 222 cm³/mol. The van der Waals surface area contributed by atoms with Crippen LogP contribution in [0.1, 0.15) is 65.9 Å². The number of hydrogen-bond acceptors (Lipinski definition) is 17. The summed E-state index contributed by atoms with van der Waals surface area (Å²) in [7, 11) is 0. The normalized spacial score (nSPS) is 11.8. The molecule has 0 heterocycles. The highest BCUT2D eigenvalue weighted by Gasteiger charge is 2.15. The smallest absolute Gasteiger partial charge is 0.160 e. The Bertz CT molecular complexity index is 2100. The van der Waals surface area contributed by atoms with Crippen molar-refractivity contribution < 1.29 is 75.2 Å². The first kappa shape index (κ1) is 52.7. The molecule has 0 aliphatic carbocycles. The Balaban J connectivity index is 0.000000382. The first-order valence-corrected chi connectivity index (χ1v) is 18.6. The van der Waals surface area contributed by atoms with Gasteiger partial charge in [-0.3, -0.25) is 0 Å². The lowest BCUT2D eigenvalue weighted by molar-refractivity contribution is 0.166. The molecule has 0 aliphatic heterocycles. The van der Waals surface area contributed by atoms with Gasteiger partial charge in [0.25, 0.3) is 0 Å². The van der Waals surface area contributed by atoms with Gasteiger partial charge in [0.15, 0.2) is 57.5 Å². The highest BCUT2D eigenvalue weighted by atomic mass is 18.2. The van der Waals surface area contributed by atoms with Crippen LogP contribution in [0.4, 0.5) is 8.78 Å². The fourth-order valence-corrected chi connectivity index (χ4v) is 4.85. The Labute approximate surface area is 350 Å². The first-order valence-electron chi connectivity index (χ1n) is 18.6. The second-order valence-electron chi connectivity index (χ2n) is 13.0. The zero-order valence-electron chi connectivity index (χ0n) is 33.3. The molecule has 3 atom stereocenters. The summed E-state index contributed by atoms with van der Waals surface area (Å²) < 4.78 is 25.9. The van der Waals surface area contributed by atoms with Crippen LogP contribution in [0, 0.1) is 11.6 Å². The van der Waals surface area contributed by atoms with Crippen LogP contribution in [0.3, 0.4) is 0 Å². The van der Waals surface area contributed by atoms with Crippen LogP contribution in [0.5, 0.6) is 57.5 Å². The molecular weight excluding hydrogens is 804 g/mol. The number of nitrogens with two attached hydrogens (primary N) is 4. The summed E-state index contributed by atoms with van der Waals surface area (Å²) in [5.41, 5.74) is 23.1. The minimum atomic E-state index is -1.17. The molecule has 0 saturated carbocycles. The SMILES string of the molecule is CCC[C@H](O)c1ccc(O)c(O)c1.NCC(O)c1ccc(O)c(O)c1.NCCc1cc(O)c(O)cc1[18F].NCCc1ccc(O)c(O)c1.NC[C@H](O)c1cc(O)c(O)cc1[18F]. The van der Waals surface area contributed by atoms with Crippen LogP contribution in [0.15, 0.2) is 78.9 Å². The van der Waals surface area contributed by atoms with Gasteiger partial charge in [-0.05, 0) is 103 Å². The van der Waals surface area contributed by atoms with Gasteiger partial charge in [-0.1, -0.05) is 31.5 Å². The maximum absolute atomic E-state index is 13.0. The van der Waals surface area contributed by atoms with Gasteiger partial charge in [-0.25, -0.2) is 8.78 Å². The number of benzene rings is 5. The zero-order valence-corrected chi connectivity index (χ0v) is 33.3. The number of phenols is 10. The van der Waals surface area contributed by atoms with E-state index in [4.69, 9.17) is 79.1 Å². The Hall–Kier alpha value is -6.32. The molecule has 0 radical (unpaired) electrons. The third kappa shape index (κ3) is 17.8. The van der Waals surface area contributed by atoms with Crippen molar-refractivity contribution in [3.63, 3.8) is 0 Å². The number of aromatic hydroxyl groups is 10. The molecule has 0 aliphatic rings. The molecule has 19 heteroatoms. The molecule has 5 aromatic carbocycles. The highest BCUT2D eigenvalue weighted by Crippen LogP contribution is 2.32. The molecule has 0 aromatic heterocycles. The summed E-state index contributed by atoms with van der Waals surface area (Å²) in [4.78, 5) is 0. The van der Waals surface area contributed by atoms with E-state index in [1.54, 1.807) is 12.1 Å². The van der Waals surface area contributed by atoms with Gasteiger partial charge in [0.2, 0.25) is 0 Å². The van der Waals surface area contributed by atoms with Crippen LogP contribution < -0.4 is 22.9 Å². The molecule has 0 amide bonds. The Morgan fingerprint density at radius 3 is 1.30 bits per heavy atom. The van der Waals surface area contributed by atoms with Crippen LogP contribution in [0.2, 0.25) is 0 Å². The average molecular weight is 861 g/mol. The van der Waals surface area contributed by atoms with Gasteiger partial charge in [0.05, 0.1) is 18.3 Å². The predicted octanol–water partition coefficient (Wildman–Crippen LogP) is 3.59. The summed E-state index contributed by atoms with van der Waals surface area (Å²) in [6.07, 6.45) is 0.0695. The molecule has 1 unspecified atom stereocenters. The van der Waals surface area contributed by atoms with E-state index in [2.05, 4.69) is 0 Å². The third-order valence-electron chi connectivity index (χ3n) is 8.26. The molecule has 21 N–H and O–H groups in total. The van der Waals surface area contributed by atoms with Crippen LogP contribution in [0.25, 0.3) is 0 Å². The van der Waals surface area contributed by atoms with Crippen molar-refractivity contribution in [1.82, 2.24) is 0 Å². The standard InChI is InChI=1S/C10H14O3.C8H10FNO3.C8H10FNO2.C8H11NO3.C8H11NO2/c1-2-3-8(11)7-4-5-9(12)10(13)6-7;9-5-2-7(12)6(11)1-4(5)8(13)3-10;9-6-4-8(12)7(11)3-5(6)1-2-10;9-4-8(12)5-1-2-6(10)7(11)3-5;9-4-3-6-1-2-7(10)8(11)5-6/h4-6,8,11-13H,2-3H2,1H3;1-2,8,11-13H,3,10H2;3-4,11-12H,1-2,10H2;1-3,8,10-12H,4,9H2;1-2,5,10-11H,3-4,9H2/t2*8-;;;/m00.../s1/i;2*9-1;;. The first-order chi connectivity index (χ1) is 28.7. The molecule has 0 fully saturated rings. The van der Waals surface area contributed by atoms with E-state index in [9.17, 15) is 19.0 Å². The fraction of sp³-hybridized carbons (Fsp3) is 0.286. The largest absolute Gasteiger partial charge is 0.504 e. The van der Waals surface area contributed by atoms with E-state index >= 15 is 0 Å². The van der Waals surface area contributed by atoms with Gasteiger partial charge in [0, 0.05) is 30.8 Å². The molecule has 17 nitrogen and oxygen atoms in total. The van der Waals surface area contributed by atoms with Crippen molar-refractivity contribution in [1.29, 1.82) is 0 Å². The van der Waals surface area contributed by atoms with Gasteiger partial charge in [0.1, 0.15) is 11.6 Å². The minimum absolute atomic E-state index is 0.0871. The molecule has 336 valence electrons. The van der Waals surface area contributed by atoms with E-state index in [-0.39, 0.29) is 58.9 Å². The number of hydrogen-bond donors (Lipinski definition) is 17. The van der Waals surface area contributed by atoms with Gasteiger partial charge in [-0.15, -0.1) is 0 Å². The van der Waals surface area contributed by atoms with Crippen molar-refractivity contribution in [3.8, 4) is 57.5 Å². The Morgan fingerprint density at radius 1 is 0.443 bits per heavy atom. The van der Waals surface area contributed by atoms with Crippen molar-refractivity contribution in [2.45, 2.75) is 50.9 Å². The number of halogens is 2. The maximum atomic E-state index is 13.0. The average Bonchev–Trinajstić information content (AvgIpc) is 3.22. The monoisotopic (exact) mass is 860 g/mol. The lowest BCUT2D eigenvalue weighted by Crippen LogP contribution is -2.12. The molecule has 5 rings (SSSR count). The molecule has 0 spiro atoms. The topological polar surface area (TPSA) is 367 Å². The van der Waals surface area contributed by atoms with Crippen molar-refractivity contribution in [2.75, 3.05) is 26.2 Å². The van der Waals surface area contributed by atoms with Crippen molar-refractivity contribution in [2.24, 2.45) is 22.9 Å². The highest BCUT2D eigenvalue weighted by molar-refractivity contribution is 5.44. The zero-order chi connectivity index (χ0) is 46.4. The van der Waals surface area contributed by atoms with E-state index in [0.717, 1.165) is 30.2 Å². The quantitative estimate of drug-likeness (QED) is 0.0844. The van der Waals surface area contributed by atoms with Crippen LogP contribution in [-0.4, -0.2) is 92.6 Å². The van der Waals surface area contributed by atoms with E-state index in [0.29, 0.717) is 49.0 Å². The number of aliphatic hydroxyl groups is 3. The fourth-order valence-electron chi connectivity index (χ4n) is 4.85. The minimum Gasteiger partial charge on any atom is -0.504 e. The molecular formula is C42H56F2N4O13. The van der Waals surface area contributed by atoms with Gasteiger partial charge in [-0.2, -0.15) is 0 Å². The third-order valence-corrected chi connectivity index (χ3v) is 8.26. The lowest BCUT2D eigenvalue weighted by Gasteiger charge is -2.10. The summed E-state index contributed by atoms with van der Waals surface area (Å²) >= 11 is 0. The maximum Gasteiger partial charge on any atom is 0.160 e. The summed E-state index contributed by atoms with van der Waals surface area (Å²) in [5.74, 6) is -4.14. The van der Waals surface area contributed by atoms with E-state index in [1.807, 2.05) is 6.92 Å². The van der Waals surface area contributed by atoms with Crippen molar-refractivity contribution in [3.05, 3.63) is 118 Å². The Morgan fingerprint density at radius 2 is 0.852 bits per heavy atom. The number of rotatable bonds is 11. The van der Waals surface area contributed by atoms with E-state index < -0.39 is 47.2 Å². The Kier molecular flexibility index (Phi) is 23.1. The molecule has 5 aromatic rings. The second-order valence-corrected chi connectivity index (χ2v) is 13.0. The molecule has 0 bridgehead atoms. The summed E-state index contributed by atoms with van der Waals surface area (Å²) in [5, 5.41) is 118. The van der Waals surface area contributed by atoms with E-state index in [1.165, 1.54) is 48.5 Å². The summed E-state index contributed by atoms with van der Waals surface area (Å²) in [6, 6.07) is 16.9. The van der Waals surface area contributed by atoms with Crippen molar-refractivity contribution >= 4 is 0 Å². The van der Waals surface area contributed by atoms with Gasteiger partial charge < -0.3 is 89.3 Å². The summed E-state index contributed by atoms with van der Waals surface area (Å²) in [6.45, 7) is 2.76. The van der Waals surface area contributed by atoms with Crippen LogP contribution in [-0.2, 0) is 12.8 Å². The molecule has 0 saturated heterocycles. The van der Waals surface area contributed by atoms with Gasteiger partial charge >= 0.3 is 0 Å². The van der Waals surface area contributed by atoms with Crippen LogP contribution >= 0.6 is 0 Å². The second kappa shape index (κ2) is 26.7. The lowest BCUT2D eigenvalue weighted by atomic mass is 10.0. The number of aliphatic hydroxyl groups excluding tert-OH is 3. The number of phenolic OH excluding ortho intramolecular Hbond substituents is 10. The molecule has 61 heavy (non-hydrogen) atoms.